The van der Waals surface area contributed by atoms with Crippen molar-refractivity contribution in [2.75, 3.05) is 0 Å². The number of rotatable bonds is 2. The predicted octanol–water partition coefficient (Wildman–Crippen LogP) is 3.83. The Morgan fingerprint density at radius 2 is 2.19 bits per heavy atom. The maximum Gasteiger partial charge on any atom is 0.101 e. The van der Waals surface area contributed by atoms with Crippen LogP contribution in [0.25, 0.3) is 5.69 Å². The van der Waals surface area contributed by atoms with Gasteiger partial charge in [0, 0.05) is 8.59 Å². The molecule has 0 aliphatic heterocycles. The zero-order chi connectivity index (χ0) is 11.7. The summed E-state index contributed by atoms with van der Waals surface area (Å²) in [5, 5.41) is 8.60. The van der Waals surface area contributed by atoms with Crippen LogP contribution in [-0.4, -0.2) is 15.0 Å². The molecule has 0 aliphatic rings. The molecule has 1 aromatic heterocycles. The number of halogens is 3. The molecule has 1 aromatic carbocycles. The quantitative estimate of drug-likeness (QED) is 0.596. The summed E-state index contributed by atoms with van der Waals surface area (Å²) in [5.41, 5.74) is 1.70. The molecule has 3 nitrogen and oxygen atoms in total. The van der Waals surface area contributed by atoms with Crippen molar-refractivity contribution in [2.24, 2.45) is 0 Å². The van der Waals surface area contributed by atoms with Gasteiger partial charge >= 0.3 is 0 Å². The number of benzene rings is 1. The van der Waals surface area contributed by atoms with Crippen LogP contribution in [0.3, 0.4) is 0 Å². The van der Waals surface area contributed by atoms with Crippen molar-refractivity contribution in [1.82, 2.24) is 15.0 Å². The number of hydrogen-bond donors (Lipinski definition) is 0. The van der Waals surface area contributed by atoms with Crippen LogP contribution in [0.2, 0.25) is 5.02 Å². The third-order valence-corrected chi connectivity index (χ3v) is 3.40. The van der Waals surface area contributed by atoms with Crippen LogP contribution >= 0.6 is 45.8 Å². The van der Waals surface area contributed by atoms with Crippen LogP contribution in [-0.2, 0) is 0 Å². The van der Waals surface area contributed by atoms with Crippen LogP contribution in [0.15, 0.2) is 24.4 Å². The molecular formula is C10H8Cl2IN3. The zero-order valence-electron chi connectivity index (χ0n) is 8.36. The molecule has 84 valence electrons. The lowest BCUT2D eigenvalue weighted by Crippen LogP contribution is -1.97. The molecule has 0 N–H and O–H groups in total. The van der Waals surface area contributed by atoms with E-state index in [2.05, 4.69) is 32.9 Å². The van der Waals surface area contributed by atoms with Gasteiger partial charge < -0.3 is 0 Å². The van der Waals surface area contributed by atoms with E-state index in [1.165, 1.54) is 0 Å². The molecule has 0 radical (unpaired) electrons. The Hall–Kier alpha value is -0.330. The number of hydrogen-bond acceptors (Lipinski definition) is 2. The molecule has 0 amide bonds. The van der Waals surface area contributed by atoms with Gasteiger partial charge in [-0.2, -0.15) is 0 Å². The molecule has 16 heavy (non-hydrogen) atoms. The second-order valence-corrected chi connectivity index (χ2v) is 5.55. The summed E-state index contributed by atoms with van der Waals surface area (Å²) in [6, 6.07) is 5.61. The molecule has 0 aliphatic carbocycles. The average Bonchev–Trinajstić information content (AvgIpc) is 2.66. The lowest BCUT2D eigenvalue weighted by molar-refractivity contribution is 0.794. The first-order chi connectivity index (χ1) is 7.58. The van der Waals surface area contributed by atoms with Gasteiger partial charge in [0.25, 0.3) is 0 Å². The molecule has 1 heterocycles. The average molecular weight is 368 g/mol. The largest absolute Gasteiger partial charge is 0.219 e. The van der Waals surface area contributed by atoms with Crippen LogP contribution in [0.1, 0.15) is 18.0 Å². The highest BCUT2D eigenvalue weighted by Gasteiger charge is 2.09. The summed E-state index contributed by atoms with van der Waals surface area (Å²) in [7, 11) is 0. The van der Waals surface area contributed by atoms with Gasteiger partial charge in [0.15, 0.2) is 0 Å². The van der Waals surface area contributed by atoms with E-state index in [0.717, 1.165) is 15.0 Å². The van der Waals surface area contributed by atoms with Crippen molar-refractivity contribution < 1.29 is 0 Å². The Morgan fingerprint density at radius 3 is 2.75 bits per heavy atom. The molecule has 2 aromatic rings. The molecule has 0 saturated heterocycles. The molecule has 1 unspecified atom stereocenters. The number of aromatic nitrogens is 3. The van der Waals surface area contributed by atoms with Gasteiger partial charge in [0.2, 0.25) is 0 Å². The third kappa shape index (κ3) is 2.49. The lowest BCUT2D eigenvalue weighted by Gasteiger charge is -2.03. The Kier molecular flexibility index (Phi) is 3.71. The Morgan fingerprint density at radius 1 is 1.44 bits per heavy atom. The van der Waals surface area contributed by atoms with Crippen molar-refractivity contribution in [3.05, 3.63) is 38.7 Å². The summed E-state index contributed by atoms with van der Waals surface area (Å²) in [5.74, 6) is 0. The highest BCUT2D eigenvalue weighted by atomic mass is 127. The van der Waals surface area contributed by atoms with Crippen LogP contribution in [0, 0.1) is 3.57 Å². The smallest absolute Gasteiger partial charge is 0.101 e. The SMILES string of the molecule is CC(Cl)c1cn(-c2ccc(Cl)cc2I)nn1. The fourth-order valence-corrected chi connectivity index (χ4v) is 2.46. The molecule has 6 heteroatoms. The standard InChI is InChI=1S/C10H8Cl2IN3/c1-6(11)9-5-16(15-14-9)10-3-2-7(12)4-8(10)13/h2-6H,1H3. The van der Waals surface area contributed by atoms with E-state index in [-0.39, 0.29) is 5.38 Å². The van der Waals surface area contributed by atoms with E-state index in [1.54, 1.807) is 4.68 Å². The monoisotopic (exact) mass is 367 g/mol. The van der Waals surface area contributed by atoms with Gasteiger partial charge in [-0.25, -0.2) is 4.68 Å². The molecule has 0 saturated carbocycles. The Bertz CT molecular complexity index is 511. The van der Waals surface area contributed by atoms with Crippen molar-refractivity contribution in [1.29, 1.82) is 0 Å². The van der Waals surface area contributed by atoms with Gasteiger partial charge in [0.05, 0.1) is 17.3 Å². The van der Waals surface area contributed by atoms with E-state index in [4.69, 9.17) is 23.2 Å². The van der Waals surface area contributed by atoms with E-state index in [1.807, 2.05) is 31.3 Å². The van der Waals surface area contributed by atoms with E-state index >= 15 is 0 Å². The molecule has 2 rings (SSSR count). The molecule has 0 fully saturated rings. The van der Waals surface area contributed by atoms with Gasteiger partial charge in [-0.15, -0.1) is 16.7 Å². The van der Waals surface area contributed by atoms with Crippen molar-refractivity contribution in [3.63, 3.8) is 0 Å². The second-order valence-electron chi connectivity index (χ2n) is 3.30. The van der Waals surface area contributed by atoms with Gasteiger partial charge in [-0.1, -0.05) is 16.8 Å². The minimum absolute atomic E-state index is 0.140. The summed E-state index contributed by atoms with van der Waals surface area (Å²) < 4.78 is 2.72. The van der Waals surface area contributed by atoms with E-state index in [0.29, 0.717) is 5.02 Å². The van der Waals surface area contributed by atoms with Crippen LogP contribution < -0.4 is 0 Å². The van der Waals surface area contributed by atoms with Crippen LogP contribution in [0.4, 0.5) is 0 Å². The fourth-order valence-electron chi connectivity index (χ4n) is 1.24. The first-order valence-corrected chi connectivity index (χ1v) is 6.49. The molecule has 0 spiro atoms. The zero-order valence-corrected chi connectivity index (χ0v) is 12.0. The van der Waals surface area contributed by atoms with Crippen molar-refractivity contribution in [3.8, 4) is 5.69 Å². The minimum Gasteiger partial charge on any atom is -0.219 e. The number of nitrogens with zero attached hydrogens (tertiary/aromatic N) is 3. The predicted molar refractivity (Wildman–Crippen MR) is 73.4 cm³/mol. The topological polar surface area (TPSA) is 30.7 Å². The first kappa shape index (κ1) is 12.1. The minimum atomic E-state index is -0.140. The Labute approximate surface area is 117 Å². The second kappa shape index (κ2) is 4.89. The number of alkyl halides is 1. The first-order valence-electron chi connectivity index (χ1n) is 4.59. The molecular weight excluding hydrogens is 360 g/mol. The molecule has 1 atom stereocenters. The highest BCUT2D eigenvalue weighted by molar-refractivity contribution is 14.1. The summed E-state index contributed by atoms with van der Waals surface area (Å²) in [6.45, 7) is 1.86. The lowest BCUT2D eigenvalue weighted by atomic mass is 10.3. The van der Waals surface area contributed by atoms with Crippen LogP contribution in [0.5, 0.6) is 0 Å². The highest BCUT2D eigenvalue weighted by Crippen LogP contribution is 2.22. The third-order valence-electron chi connectivity index (χ3n) is 2.08. The Balaban J connectivity index is 2.42. The van der Waals surface area contributed by atoms with Gasteiger partial charge in [-0.3, -0.25) is 0 Å². The van der Waals surface area contributed by atoms with E-state index < -0.39 is 0 Å². The van der Waals surface area contributed by atoms with Crippen molar-refractivity contribution in [2.45, 2.75) is 12.3 Å². The van der Waals surface area contributed by atoms with Gasteiger partial charge in [-0.05, 0) is 47.7 Å². The van der Waals surface area contributed by atoms with Crippen molar-refractivity contribution >= 4 is 45.8 Å². The normalized spacial score (nSPS) is 12.8. The van der Waals surface area contributed by atoms with Gasteiger partial charge in [0.1, 0.15) is 5.69 Å². The maximum atomic E-state index is 5.93. The summed E-state index contributed by atoms with van der Waals surface area (Å²) >= 11 is 14.0. The fraction of sp³-hybridized carbons (Fsp3) is 0.200. The molecule has 0 bridgehead atoms. The summed E-state index contributed by atoms with van der Waals surface area (Å²) in [4.78, 5) is 0. The van der Waals surface area contributed by atoms with E-state index in [9.17, 15) is 0 Å². The maximum absolute atomic E-state index is 5.93. The summed E-state index contributed by atoms with van der Waals surface area (Å²) in [6.07, 6.45) is 1.82.